The quantitative estimate of drug-likeness (QED) is 0.782. The van der Waals surface area contributed by atoms with Crippen molar-refractivity contribution in [2.75, 3.05) is 26.0 Å². The van der Waals surface area contributed by atoms with Gasteiger partial charge >= 0.3 is 0 Å². The van der Waals surface area contributed by atoms with Gasteiger partial charge in [-0.05, 0) is 30.8 Å². The number of ketones is 1. The number of rotatable bonds is 5. The molecule has 1 aromatic carbocycles. The van der Waals surface area contributed by atoms with Gasteiger partial charge in [-0.3, -0.25) is 4.79 Å². The van der Waals surface area contributed by atoms with Crippen LogP contribution in [0, 0.1) is 0 Å². The minimum Gasteiger partial charge on any atom is -0.493 e. The summed E-state index contributed by atoms with van der Waals surface area (Å²) in [6.07, 6.45) is 0. The summed E-state index contributed by atoms with van der Waals surface area (Å²) in [7, 11) is 1.58. The van der Waals surface area contributed by atoms with Crippen molar-refractivity contribution in [3.05, 3.63) is 24.3 Å². The van der Waals surface area contributed by atoms with E-state index in [2.05, 4.69) is 0 Å². The lowest BCUT2D eigenvalue weighted by atomic mass is 10.2. The highest BCUT2D eigenvalue weighted by molar-refractivity contribution is 8.01. The van der Waals surface area contributed by atoms with Gasteiger partial charge in [0.25, 0.3) is 0 Å². The molecular formula is C13H16ClNO3S. The lowest BCUT2D eigenvalue weighted by Crippen LogP contribution is -2.47. The number of methoxy groups -OCH3 is 1. The first-order valence-corrected chi connectivity index (χ1v) is 7.27. The molecule has 6 heteroatoms. The third kappa shape index (κ3) is 2.83. The van der Waals surface area contributed by atoms with E-state index in [0.29, 0.717) is 18.0 Å². The first kappa shape index (κ1) is 14.5. The van der Waals surface area contributed by atoms with E-state index in [0.717, 1.165) is 5.75 Å². The fourth-order valence-corrected chi connectivity index (χ4v) is 3.63. The van der Waals surface area contributed by atoms with Crippen molar-refractivity contribution in [2.45, 2.75) is 11.8 Å². The van der Waals surface area contributed by atoms with Gasteiger partial charge in [0.15, 0.2) is 22.2 Å². The number of nitrogens with zero attached hydrogens (tertiary/aromatic N) is 1. The summed E-state index contributed by atoms with van der Waals surface area (Å²) < 4.78 is 12.5. The zero-order valence-electron chi connectivity index (χ0n) is 10.9. The first-order valence-electron chi connectivity index (χ1n) is 5.94. The molecule has 0 saturated carbocycles. The largest absolute Gasteiger partial charge is 0.493 e. The molecule has 0 amide bonds. The van der Waals surface area contributed by atoms with Gasteiger partial charge in [-0.1, -0.05) is 12.1 Å². The molecule has 0 radical (unpaired) electrons. The Morgan fingerprint density at radius 1 is 1.47 bits per heavy atom. The van der Waals surface area contributed by atoms with Crippen LogP contribution >= 0.6 is 23.5 Å². The van der Waals surface area contributed by atoms with Gasteiger partial charge in [-0.15, -0.1) is 11.8 Å². The predicted octanol–water partition coefficient (Wildman–Crippen LogP) is 2.56. The Hall–Kier alpha value is -0.910. The number of hydrogen-bond acceptors (Lipinski definition) is 5. The van der Waals surface area contributed by atoms with Crippen LogP contribution in [0.25, 0.3) is 0 Å². The van der Waals surface area contributed by atoms with Crippen molar-refractivity contribution in [3.8, 4) is 11.5 Å². The Morgan fingerprint density at radius 3 is 2.68 bits per heavy atom. The van der Waals surface area contributed by atoms with E-state index < -0.39 is 4.87 Å². The molecule has 19 heavy (non-hydrogen) atoms. The highest BCUT2D eigenvalue weighted by atomic mass is 35.5. The molecule has 1 aliphatic rings. The molecule has 1 aromatic rings. The fourth-order valence-electron chi connectivity index (χ4n) is 1.94. The maximum atomic E-state index is 11.9. The highest BCUT2D eigenvalue weighted by Gasteiger charge is 2.46. The second-order valence-electron chi connectivity index (χ2n) is 4.21. The van der Waals surface area contributed by atoms with E-state index in [4.69, 9.17) is 21.3 Å². The molecular weight excluding hydrogens is 286 g/mol. The molecule has 0 aromatic heterocycles. The summed E-state index contributed by atoms with van der Waals surface area (Å²) >= 11 is 7.67. The summed E-state index contributed by atoms with van der Waals surface area (Å²) in [6.45, 7) is 2.41. The molecule has 2 rings (SSSR count). The standard InChI is InChI=1S/C13H16ClNO3S/c1-10(16)13(15(14)7-8-19-13)9-18-12-6-4-3-5-11(12)17-2/h3-6H,7-9H2,1-2H3. The third-order valence-corrected chi connectivity index (χ3v) is 5.11. The molecule has 0 N–H and O–H groups in total. The number of thioether (sulfide) groups is 1. The number of benzene rings is 1. The number of halogens is 1. The van der Waals surface area contributed by atoms with Crippen molar-refractivity contribution in [1.82, 2.24) is 4.42 Å². The average molecular weight is 302 g/mol. The van der Waals surface area contributed by atoms with Crippen molar-refractivity contribution >= 4 is 29.3 Å². The second kappa shape index (κ2) is 6.03. The summed E-state index contributed by atoms with van der Waals surface area (Å²) in [6, 6.07) is 7.35. The monoisotopic (exact) mass is 301 g/mol. The molecule has 4 nitrogen and oxygen atoms in total. The number of carbonyl (C=O) groups excluding carboxylic acids is 1. The van der Waals surface area contributed by atoms with Gasteiger partial charge in [0, 0.05) is 12.3 Å². The molecule has 104 valence electrons. The first-order chi connectivity index (χ1) is 9.10. The third-order valence-electron chi connectivity index (χ3n) is 3.06. The Morgan fingerprint density at radius 2 is 2.16 bits per heavy atom. The van der Waals surface area contributed by atoms with E-state index in [1.165, 1.54) is 16.2 Å². The van der Waals surface area contributed by atoms with Gasteiger partial charge in [-0.2, -0.15) is 4.42 Å². The van der Waals surface area contributed by atoms with Crippen LogP contribution in [-0.2, 0) is 4.79 Å². The van der Waals surface area contributed by atoms with Crippen LogP contribution in [0.4, 0.5) is 0 Å². The van der Waals surface area contributed by atoms with E-state index in [9.17, 15) is 4.79 Å². The lowest BCUT2D eigenvalue weighted by molar-refractivity contribution is -0.122. The summed E-state index contributed by atoms with van der Waals surface area (Å²) in [4.78, 5) is 11.1. The van der Waals surface area contributed by atoms with Gasteiger partial charge in [0.2, 0.25) is 0 Å². The molecule has 1 fully saturated rings. The van der Waals surface area contributed by atoms with Crippen molar-refractivity contribution < 1.29 is 14.3 Å². The molecule has 1 saturated heterocycles. The summed E-state index contributed by atoms with van der Waals surface area (Å²) in [5, 5.41) is 0. The number of ether oxygens (including phenoxy) is 2. The molecule has 0 bridgehead atoms. The number of Topliss-reactive ketones (excluding diaryl/α,β-unsaturated/α-hetero) is 1. The Labute approximate surface area is 122 Å². The summed E-state index contributed by atoms with van der Waals surface area (Å²) in [5.74, 6) is 2.08. The highest BCUT2D eigenvalue weighted by Crippen LogP contribution is 2.39. The van der Waals surface area contributed by atoms with Crippen molar-refractivity contribution in [2.24, 2.45) is 0 Å². The second-order valence-corrected chi connectivity index (χ2v) is 5.99. The molecule has 1 heterocycles. The topological polar surface area (TPSA) is 38.8 Å². The number of para-hydroxylation sites is 2. The number of carbonyl (C=O) groups is 1. The van der Waals surface area contributed by atoms with Gasteiger partial charge < -0.3 is 9.47 Å². The SMILES string of the molecule is COc1ccccc1OCC1(C(C)=O)SCCN1Cl. The van der Waals surface area contributed by atoms with Gasteiger partial charge in [0.1, 0.15) is 6.61 Å². The zero-order chi connectivity index (χ0) is 13.9. The molecule has 1 aliphatic heterocycles. The molecule has 1 unspecified atom stereocenters. The van der Waals surface area contributed by atoms with E-state index in [1.807, 2.05) is 24.3 Å². The van der Waals surface area contributed by atoms with Crippen LogP contribution in [0.1, 0.15) is 6.92 Å². The maximum absolute atomic E-state index is 11.9. The maximum Gasteiger partial charge on any atom is 0.173 e. The van der Waals surface area contributed by atoms with Crippen LogP contribution in [0.3, 0.4) is 0 Å². The van der Waals surface area contributed by atoms with Gasteiger partial charge in [0.05, 0.1) is 7.11 Å². The summed E-state index contributed by atoms with van der Waals surface area (Å²) in [5.41, 5.74) is 0. The van der Waals surface area contributed by atoms with E-state index in [1.54, 1.807) is 14.0 Å². The van der Waals surface area contributed by atoms with Crippen LogP contribution in [0.5, 0.6) is 11.5 Å². The minimum absolute atomic E-state index is 0.0000945. The van der Waals surface area contributed by atoms with Crippen molar-refractivity contribution in [1.29, 1.82) is 0 Å². The van der Waals surface area contributed by atoms with Crippen LogP contribution in [-0.4, -0.2) is 41.1 Å². The molecule has 0 spiro atoms. The van der Waals surface area contributed by atoms with E-state index >= 15 is 0 Å². The predicted molar refractivity (Wildman–Crippen MR) is 76.9 cm³/mol. The zero-order valence-corrected chi connectivity index (χ0v) is 12.5. The molecule has 0 aliphatic carbocycles. The lowest BCUT2D eigenvalue weighted by Gasteiger charge is -2.30. The van der Waals surface area contributed by atoms with Crippen LogP contribution < -0.4 is 9.47 Å². The van der Waals surface area contributed by atoms with Gasteiger partial charge in [-0.25, -0.2) is 0 Å². The Balaban J connectivity index is 2.14. The van der Waals surface area contributed by atoms with Crippen LogP contribution in [0.15, 0.2) is 24.3 Å². The van der Waals surface area contributed by atoms with E-state index in [-0.39, 0.29) is 12.4 Å². The van der Waals surface area contributed by atoms with Crippen LogP contribution in [0.2, 0.25) is 0 Å². The fraction of sp³-hybridized carbons (Fsp3) is 0.462. The smallest absolute Gasteiger partial charge is 0.173 e. The Bertz CT molecular complexity index is 471. The normalized spacial score (nSPS) is 23.3. The number of hydrogen-bond donors (Lipinski definition) is 0. The molecule has 1 atom stereocenters. The van der Waals surface area contributed by atoms with Crippen molar-refractivity contribution in [3.63, 3.8) is 0 Å². The minimum atomic E-state index is -0.803. The average Bonchev–Trinajstić information content (AvgIpc) is 2.79. The Kier molecular flexibility index (Phi) is 4.60.